The molecule has 1 nitrogen and oxygen atoms in total. The Morgan fingerprint density at radius 1 is 0.688 bits per heavy atom. The average Bonchev–Trinajstić information content (AvgIpc) is 2.83. The van der Waals surface area contributed by atoms with Crippen molar-refractivity contribution in [1.82, 2.24) is 0 Å². The minimum absolute atomic E-state index is 0.0967. The van der Waals surface area contributed by atoms with Crippen LogP contribution < -0.4 is 15.9 Å². The van der Waals surface area contributed by atoms with E-state index in [1.54, 1.807) is 6.92 Å². The minimum atomic E-state index is -0.643. The van der Waals surface area contributed by atoms with Gasteiger partial charge in [0.2, 0.25) is 0 Å². The highest BCUT2D eigenvalue weighted by molar-refractivity contribution is 7.79. The van der Waals surface area contributed by atoms with Gasteiger partial charge in [0.05, 0.1) is 0 Å². The summed E-state index contributed by atoms with van der Waals surface area (Å²) in [5.41, 5.74) is 4.24. The van der Waals surface area contributed by atoms with Gasteiger partial charge in [-0.15, -0.1) is 0 Å². The van der Waals surface area contributed by atoms with Gasteiger partial charge in [0, 0.05) is 6.42 Å². The molecule has 0 radical (unpaired) electrons. The topological polar surface area (TPSA) is 17.1 Å². The number of Topliss-reactive ketones (excluding diaryl/α,β-unsaturated/α-hetero) is 1. The summed E-state index contributed by atoms with van der Waals surface area (Å²) in [5, 5.41) is 4.10. The minimum Gasteiger partial charge on any atom is -0.294 e. The van der Waals surface area contributed by atoms with Gasteiger partial charge in [-0.1, -0.05) is 116 Å². The molecule has 0 fully saturated rings. The molecule has 0 saturated carbocycles. The van der Waals surface area contributed by atoms with Gasteiger partial charge < -0.3 is 0 Å². The third-order valence-electron chi connectivity index (χ3n) is 5.52. The van der Waals surface area contributed by atoms with Gasteiger partial charge in [-0.05, 0) is 59.4 Å². The molecule has 0 aliphatic heterocycles. The predicted octanol–water partition coefficient (Wildman–Crippen LogP) is 5.72. The average molecular weight is 435 g/mol. The Bertz CT molecular complexity index is 1160. The van der Waals surface area contributed by atoms with Crippen LogP contribution >= 0.6 is 7.92 Å². The summed E-state index contributed by atoms with van der Waals surface area (Å²) >= 11 is 0. The normalized spacial score (nSPS) is 10.8. The first kappa shape index (κ1) is 21.9. The molecule has 158 valence electrons. The zero-order valence-electron chi connectivity index (χ0n) is 18.4. The number of benzene rings is 4. The van der Waals surface area contributed by atoms with E-state index in [0.717, 1.165) is 12.0 Å². The van der Waals surface area contributed by atoms with Crippen LogP contribution in [0.2, 0.25) is 0 Å². The van der Waals surface area contributed by atoms with Crippen molar-refractivity contribution in [2.45, 2.75) is 19.8 Å². The van der Waals surface area contributed by atoms with Crippen molar-refractivity contribution in [3.8, 4) is 0 Å². The van der Waals surface area contributed by atoms with E-state index in [1.165, 1.54) is 27.0 Å². The van der Waals surface area contributed by atoms with Crippen LogP contribution in [0.4, 0.5) is 0 Å². The van der Waals surface area contributed by atoms with Crippen molar-refractivity contribution >= 4 is 29.6 Å². The van der Waals surface area contributed by atoms with Gasteiger partial charge in [0.25, 0.3) is 0 Å². The second-order valence-electron chi connectivity index (χ2n) is 8.01. The van der Waals surface area contributed by atoms with Crippen molar-refractivity contribution in [1.29, 1.82) is 0 Å². The number of carbonyl (C=O) groups is 1. The Kier molecular flexibility index (Phi) is 7.10. The van der Waals surface area contributed by atoms with Gasteiger partial charge in [-0.3, -0.25) is 4.79 Å². The van der Waals surface area contributed by atoms with E-state index in [9.17, 15) is 4.79 Å². The molecule has 0 unspecified atom stereocenters. The van der Waals surface area contributed by atoms with Crippen LogP contribution in [0.1, 0.15) is 23.6 Å². The number of rotatable bonds is 8. The first-order valence-corrected chi connectivity index (χ1v) is 12.2. The molecule has 0 N–H and O–H groups in total. The van der Waals surface area contributed by atoms with Crippen LogP contribution in [0.5, 0.6) is 0 Å². The maximum Gasteiger partial charge on any atom is 0.162 e. The largest absolute Gasteiger partial charge is 0.294 e. The molecule has 0 heterocycles. The zero-order chi connectivity index (χ0) is 22.3. The lowest BCUT2D eigenvalue weighted by Gasteiger charge is -2.22. The van der Waals surface area contributed by atoms with E-state index in [4.69, 9.17) is 0 Å². The molecule has 2 heteroatoms. The summed E-state index contributed by atoms with van der Waals surface area (Å²) in [6, 6.07) is 38.8. The van der Waals surface area contributed by atoms with E-state index < -0.39 is 7.92 Å². The third kappa shape index (κ3) is 5.31. The lowest BCUT2D eigenvalue weighted by Crippen LogP contribution is -2.23. The summed E-state index contributed by atoms with van der Waals surface area (Å²) in [6.45, 7) is 5.52. The van der Waals surface area contributed by atoms with Gasteiger partial charge in [-0.2, -0.15) is 0 Å². The van der Waals surface area contributed by atoms with E-state index in [1.807, 2.05) is 0 Å². The van der Waals surface area contributed by atoms with Crippen LogP contribution in [0.3, 0.4) is 0 Å². The van der Waals surface area contributed by atoms with Crippen molar-refractivity contribution in [3.63, 3.8) is 0 Å². The molecule has 0 saturated heterocycles. The zero-order valence-corrected chi connectivity index (χ0v) is 19.3. The summed E-state index contributed by atoms with van der Waals surface area (Å²) in [6.07, 6.45) is 1.28. The molecule has 0 aliphatic rings. The Morgan fingerprint density at radius 3 is 1.75 bits per heavy atom. The van der Waals surface area contributed by atoms with Crippen molar-refractivity contribution in [2.75, 3.05) is 0 Å². The van der Waals surface area contributed by atoms with E-state index in [2.05, 4.69) is 116 Å². The first-order valence-electron chi connectivity index (χ1n) is 10.9. The quantitative estimate of drug-likeness (QED) is 0.256. The fourth-order valence-electron chi connectivity index (χ4n) is 3.79. The summed E-state index contributed by atoms with van der Waals surface area (Å²) < 4.78 is 0. The van der Waals surface area contributed by atoms with E-state index in [-0.39, 0.29) is 5.78 Å². The first-order chi connectivity index (χ1) is 15.6. The Labute approximate surface area is 192 Å². The number of hydrogen-bond acceptors (Lipinski definition) is 1. The Balaban J connectivity index is 1.66. The maximum absolute atomic E-state index is 12.0. The van der Waals surface area contributed by atoms with Crippen LogP contribution in [0.25, 0.3) is 0 Å². The molecule has 0 aromatic heterocycles. The highest BCUT2D eigenvalue weighted by Crippen LogP contribution is 2.34. The molecule has 4 aromatic carbocycles. The summed E-state index contributed by atoms with van der Waals surface area (Å²) in [4.78, 5) is 12.0. The van der Waals surface area contributed by atoms with Crippen LogP contribution in [-0.4, -0.2) is 5.78 Å². The molecular formula is C30H27OP. The monoisotopic (exact) mass is 434 g/mol. The number of allylic oxidation sites excluding steroid dienone is 1. The third-order valence-corrected chi connectivity index (χ3v) is 8.07. The summed E-state index contributed by atoms with van der Waals surface area (Å²) in [7, 11) is -0.643. The van der Waals surface area contributed by atoms with Crippen molar-refractivity contribution in [2.24, 2.45) is 0 Å². The number of carbonyl (C=O) groups excluding carboxylic acids is 1. The number of ketones is 1. The van der Waals surface area contributed by atoms with E-state index in [0.29, 0.717) is 12.0 Å². The highest BCUT2D eigenvalue weighted by Gasteiger charge is 2.19. The summed E-state index contributed by atoms with van der Waals surface area (Å²) in [5.74, 6) is 0.0967. The molecule has 0 spiro atoms. The van der Waals surface area contributed by atoms with Gasteiger partial charge in [-0.25, -0.2) is 0 Å². The lowest BCUT2D eigenvalue weighted by molar-refractivity contribution is -0.114. The molecular weight excluding hydrogens is 407 g/mol. The molecule has 4 rings (SSSR count). The van der Waals surface area contributed by atoms with Gasteiger partial charge in [0.15, 0.2) is 5.78 Å². The molecule has 0 atom stereocenters. The smallest absolute Gasteiger partial charge is 0.162 e. The van der Waals surface area contributed by atoms with E-state index >= 15 is 0 Å². The lowest BCUT2D eigenvalue weighted by atomic mass is 10.0. The molecule has 0 aliphatic carbocycles. The van der Waals surface area contributed by atoms with Crippen molar-refractivity contribution < 1.29 is 4.79 Å². The molecule has 0 bridgehead atoms. The Morgan fingerprint density at radius 2 is 1.19 bits per heavy atom. The van der Waals surface area contributed by atoms with Crippen LogP contribution in [0.15, 0.2) is 121 Å². The van der Waals surface area contributed by atoms with Crippen LogP contribution in [0, 0.1) is 0 Å². The van der Waals surface area contributed by atoms with Gasteiger partial charge >= 0.3 is 0 Å². The number of hydrogen-bond donors (Lipinski definition) is 0. The second-order valence-corrected chi connectivity index (χ2v) is 10.2. The fraction of sp³-hybridized carbons (Fsp3) is 0.100. The highest BCUT2D eigenvalue weighted by atomic mass is 31.1. The fourth-order valence-corrected chi connectivity index (χ4v) is 6.26. The SMILES string of the molecule is C=C(C)C(=O)Cc1ccc(Cc2ccccc2P(c2ccccc2)c2ccccc2)cc1. The standard InChI is InChI=1S/C30H27OP/c1-23(2)29(31)22-25-19-17-24(18-20-25)21-26-11-9-10-16-30(26)32(27-12-5-3-6-13-27)28-14-7-4-8-15-28/h3-20H,1,21-22H2,2H3. The molecule has 32 heavy (non-hydrogen) atoms. The van der Waals surface area contributed by atoms with Crippen LogP contribution in [-0.2, 0) is 17.6 Å². The van der Waals surface area contributed by atoms with Gasteiger partial charge in [0.1, 0.15) is 0 Å². The predicted molar refractivity (Wildman–Crippen MR) is 138 cm³/mol. The maximum atomic E-state index is 12.0. The van der Waals surface area contributed by atoms with Crippen molar-refractivity contribution in [3.05, 3.63) is 138 Å². The second kappa shape index (κ2) is 10.4. The molecule has 4 aromatic rings. The Hall–Kier alpha value is -3.28. The molecule has 0 amide bonds.